The lowest BCUT2D eigenvalue weighted by Gasteiger charge is -2.21. The van der Waals surface area contributed by atoms with Crippen molar-refractivity contribution in [2.45, 2.75) is 12.8 Å². The van der Waals surface area contributed by atoms with Crippen LogP contribution < -0.4 is 0 Å². The molecule has 1 aliphatic rings. The Bertz CT molecular complexity index is 143. The summed E-state index contributed by atoms with van der Waals surface area (Å²) in [5, 5.41) is 0. The molecule has 0 aromatic heterocycles. The van der Waals surface area contributed by atoms with E-state index in [4.69, 9.17) is 9.47 Å². The molecule has 0 aromatic carbocycles. The van der Waals surface area contributed by atoms with E-state index in [0.29, 0.717) is 12.5 Å². The SMILES string of the molecule is O=C(CS)OCC1CCOCC1. The summed E-state index contributed by atoms with van der Waals surface area (Å²) < 4.78 is 10.1. The average Bonchev–Trinajstić information content (AvgIpc) is 2.16. The van der Waals surface area contributed by atoms with Crippen molar-refractivity contribution in [2.24, 2.45) is 5.92 Å². The number of carbonyl (C=O) groups is 1. The van der Waals surface area contributed by atoms with Gasteiger partial charge in [0.15, 0.2) is 0 Å². The highest BCUT2D eigenvalue weighted by Gasteiger charge is 2.15. The smallest absolute Gasteiger partial charge is 0.315 e. The molecule has 0 radical (unpaired) electrons. The number of hydrogen-bond acceptors (Lipinski definition) is 4. The molecule has 0 atom stereocenters. The van der Waals surface area contributed by atoms with Crippen LogP contribution in [0.5, 0.6) is 0 Å². The van der Waals surface area contributed by atoms with E-state index < -0.39 is 0 Å². The van der Waals surface area contributed by atoms with Gasteiger partial charge in [0.05, 0.1) is 12.4 Å². The lowest BCUT2D eigenvalue weighted by Crippen LogP contribution is -2.22. The Hall–Kier alpha value is -0.220. The van der Waals surface area contributed by atoms with Gasteiger partial charge in [0.2, 0.25) is 0 Å². The summed E-state index contributed by atoms with van der Waals surface area (Å²) in [5.41, 5.74) is 0. The normalized spacial score (nSPS) is 19.1. The van der Waals surface area contributed by atoms with Gasteiger partial charge in [-0.05, 0) is 18.8 Å². The Morgan fingerprint density at radius 2 is 2.17 bits per heavy atom. The lowest BCUT2D eigenvalue weighted by atomic mass is 10.0. The van der Waals surface area contributed by atoms with Crippen molar-refractivity contribution in [3.05, 3.63) is 0 Å². The molecule has 3 nitrogen and oxygen atoms in total. The van der Waals surface area contributed by atoms with Crippen LogP contribution in [0.2, 0.25) is 0 Å². The lowest BCUT2D eigenvalue weighted by molar-refractivity contribution is -0.142. The van der Waals surface area contributed by atoms with E-state index >= 15 is 0 Å². The molecule has 12 heavy (non-hydrogen) atoms. The fourth-order valence-corrected chi connectivity index (χ4v) is 1.26. The molecule has 70 valence electrons. The van der Waals surface area contributed by atoms with Gasteiger partial charge in [-0.3, -0.25) is 4.79 Å². The van der Waals surface area contributed by atoms with Crippen molar-refractivity contribution in [3.8, 4) is 0 Å². The first kappa shape index (κ1) is 9.86. The predicted octanol–water partition coefficient (Wildman–Crippen LogP) is 0.886. The summed E-state index contributed by atoms with van der Waals surface area (Å²) in [6.07, 6.45) is 2.00. The fraction of sp³-hybridized carbons (Fsp3) is 0.875. The molecule has 1 aliphatic heterocycles. The topological polar surface area (TPSA) is 35.5 Å². The molecule has 1 rings (SSSR count). The van der Waals surface area contributed by atoms with Crippen LogP contribution in [-0.2, 0) is 14.3 Å². The number of rotatable bonds is 3. The van der Waals surface area contributed by atoms with Crippen LogP contribution >= 0.6 is 12.6 Å². The second-order valence-electron chi connectivity index (χ2n) is 2.90. The number of carbonyl (C=O) groups excluding carboxylic acids is 1. The van der Waals surface area contributed by atoms with E-state index in [2.05, 4.69) is 12.6 Å². The van der Waals surface area contributed by atoms with Gasteiger partial charge in [0.25, 0.3) is 0 Å². The number of ether oxygens (including phenoxy) is 2. The first-order chi connectivity index (χ1) is 5.83. The zero-order chi connectivity index (χ0) is 8.81. The van der Waals surface area contributed by atoms with Gasteiger partial charge in [-0.15, -0.1) is 0 Å². The molecular weight excluding hydrogens is 176 g/mol. The first-order valence-corrected chi connectivity index (χ1v) is 4.80. The standard InChI is InChI=1S/C8H14O3S/c9-8(6-12)11-5-7-1-3-10-4-2-7/h7,12H,1-6H2. The summed E-state index contributed by atoms with van der Waals surface area (Å²) in [7, 11) is 0. The summed E-state index contributed by atoms with van der Waals surface area (Å²) in [6, 6.07) is 0. The van der Waals surface area contributed by atoms with Crippen LogP contribution in [0, 0.1) is 5.92 Å². The number of hydrogen-bond donors (Lipinski definition) is 1. The zero-order valence-corrected chi connectivity index (χ0v) is 7.89. The van der Waals surface area contributed by atoms with E-state index in [1.165, 1.54) is 0 Å². The minimum Gasteiger partial charge on any atom is -0.465 e. The van der Waals surface area contributed by atoms with E-state index in [9.17, 15) is 4.79 Å². The van der Waals surface area contributed by atoms with Crippen LogP contribution in [0.1, 0.15) is 12.8 Å². The number of thiol groups is 1. The first-order valence-electron chi connectivity index (χ1n) is 4.17. The average molecular weight is 190 g/mol. The third-order valence-corrected chi connectivity index (χ3v) is 2.21. The molecule has 0 aliphatic carbocycles. The van der Waals surface area contributed by atoms with Gasteiger partial charge in [-0.25, -0.2) is 0 Å². The van der Waals surface area contributed by atoms with Crippen LogP contribution in [0.3, 0.4) is 0 Å². The quantitative estimate of drug-likeness (QED) is 0.530. The molecule has 4 heteroatoms. The Morgan fingerprint density at radius 1 is 1.50 bits per heavy atom. The van der Waals surface area contributed by atoms with Gasteiger partial charge in [-0.1, -0.05) is 0 Å². The van der Waals surface area contributed by atoms with Gasteiger partial charge >= 0.3 is 5.97 Å². The van der Waals surface area contributed by atoms with E-state index in [0.717, 1.165) is 26.1 Å². The molecule has 0 unspecified atom stereocenters. The zero-order valence-electron chi connectivity index (χ0n) is 6.99. The van der Waals surface area contributed by atoms with E-state index in [1.807, 2.05) is 0 Å². The monoisotopic (exact) mass is 190 g/mol. The van der Waals surface area contributed by atoms with Crippen molar-refractivity contribution in [1.82, 2.24) is 0 Å². The maximum Gasteiger partial charge on any atom is 0.315 e. The van der Waals surface area contributed by atoms with Crippen molar-refractivity contribution in [1.29, 1.82) is 0 Å². The highest BCUT2D eigenvalue weighted by molar-refractivity contribution is 7.81. The molecular formula is C8H14O3S. The van der Waals surface area contributed by atoms with Crippen LogP contribution in [0.4, 0.5) is 0 Å². The highest BCUT2D eigenvalue weighted by Crippen LogP contribution is 2.14. The minimum atomic E-state index is -0.232. The van der Waals surface area contributed by atoms with E-state index in [1.54, 1.807) is 0 Å². The Kier molecular flexibility index (Phi) is 4.46. The molecule has 0 spiro atoms. The minimum absolute atomic E-state index is 0.170. The largest absolute Gasteiger partial charge is 0.465 e. The predicted molar refractivity (Wildman–Crippen MR) is 48.4 cm³/mol. The Morgan fingerprint density at radius 3 is 2.75 bits per heavy atom. The van der Waals surface area contributed by atoms with Gasteiger partial charge in [0.1, 0.15) is 0 Å². The fourth-order valence-electron chi connectivity index (χ4n) is 1.17. The third-order valence-electron chi connectivity index (χ3n) is 1.95. The molecule has 0 aromatic rings. The van der Waals surface area contributed by atoms with Crippen LogP contribution in [-0.4, -0.2) is 31.5 Å². The number of esters is 1. The highest BCUT2D eigenvalue weighted by atomic mass is 32.1. The molecule has 0 N–H and O–H groups in total. The van der Waals surface area contributed by atoms with Crippen molar-refractivity contribution in [2.75, 3.05) is 25.6 Å². The summed E-state index contributed by atoms with van der Waals surface area (Å²) in [5.74, 6) is 0.427. The third kappa shape index (κ3) is 3.45. The van der Waals surface area contributed by atoms with Gasteiger partial charge < -0.3 is 9.47 Å². The molecule has 0 amide bonds. The maximum atomic E-state index is 10.7. The molecule has 0 saturated carbocycles. The van der Waals surface area contributed by atoms with Crippen molar-refractivity contribution < 1.29 is 14.3 Å². The molecule has 0 bridgehead atoms. The second-order valence-corrected chi connectivity index (χ2v) is 3.21. The van der Waals surface area contributed by atoms with Gasteiger partial charge in [-0.2, -0.15) is 12.6 Å². The Balaban J connectivity index is 2.09. The second kappa shape index (κ2) is 5.43. The van der Waals surface area contributed by atoms with Crippen LogP contribution in [0.15, 0.2) is 0 Å². The Labute approximate surface area is 77.8 Å². The molecule has 1 heterocycles. The molecule has 1 fully saturated rings. The van der Waals surface area contributed by atoms with Crippen molar-refractivity contribution >= 4 is 18.6 Å². The van der Waals surface area contributed by atoms with E-state index in [-0.39, 0.29) is 11.7 Å². The van der Waals surface area contributed by atoms with Gasteiger partial charge in [0, 0.05) is 13.2 Å². The summed E-state index contributed by atoms with van der Waals surface area (Å²) >= 11 is 3.81. The van der Waals surface area contributed by atoms with Crippen molar-refractivity contribution in [3.63, 3.8) is 0 Å². The summed E-state index contributed by atoms with van der Waals surface area (Å²) in [4.78, 5) is 10.7. The maximum absolute atomic E-state index is 10.7. The summed E-state index contributed by atoms with van der Waals surface area (Å²) in [6.45, 7) is 2.12. The molecule has 1 saturated heterocycles. The van der Waals surface area contributed by atoms with Crippen LogP contribution in [0.25, 0.3) is 0 Å².